The molecule has 2 aromatic heterocycles. The van der Waals surface area contributed by atoms with Crippen LogP contribution in [0.25, 0.3) is 33.6 Å². The molecule has 0 unspecified atom stereocenters. The number of nitriles is 1. The molecular formula is C21H18N4. The number of hydrogen-bond acceptors (Lipinski definition) is 2. The maximum atomic E-state index is 9.69. The smallest absolute Gasteiger partial charge is 0.149 e. The lowest BCUT2D eigenvalue weighted by atomic mass is 10.1. The Kier molecular flexibility index (Phi) is 3.43. The second-order valence-electron chi connectivity index (χ2n) is 6.42. The number of rotatable bonds is 2. The average molecular weight is 326 g/mol. The van der Waals surface area contributed by atoms with Gasteiger partial charge in [0, 0.05) is 22.2 Å². The summed E-state index contributed by atoms with van der Waals surface area (Å²) >= 11 is 0. The number of aromatic amines is 2. The molecule has 2 N–H and O–H groups in total. The molecular weight excluding hydrogens is 308 g/mol. The van der Waals surface area contributed by atoms with Crippen molar-refractivity contribution in [2.45, 2.75) is 20.8 Å². The number of aromatic nitrogens is 3. The molecule has 2 heterocycles. The molecule has 0 atom stereocenters. The number of allylic oxidation sites excluding steroid dienone is 1. The van der Waals surface area contributed by atoms with Crippen LogP contribution in [0.4, 0.5) is 0 Å². The van der Waals surface area contributed by atoms with E-state index in [1.54, 1.807) is 0 Å². The van der Waals surface area contributed by atoms with Gasteiger partial charge in [0.05, 0.1) is 16.6 Å². The van der Waals surface area contributed by atoms with Crippen LogP contribution in [0.15, 0.2) is 36.4 Å². The molecule has 0 radical (unpaired) electrons. The van der Waals surface area contributed by atoms with E-state index in [2.05, 4.69) is 53.1 Å². The van der Waals surface area contributed by atoms with E-state index in [1.807, 2.05) is 31.2 Å². The predicted molar refractivity (Wildman–Crippen MR) is 102 cm³/mol. The third-order valence-electron chi connectivity index (χ3n) is 4.71. The Balaban J connectivity index is 1.89. The molecule has 0 aliphatic rings. The first-order chi connectivity index (χ1) is 12.1. The first-order valence-electron chi connectivity index (χ1n) is 8.23. The SMILES string of the molecule is Cc1cc2nc(C(C#N)=Cc3c(C)[nH]c4ccccc34)[nH]c2cc1C. The van der Waals surface area contributed by atoms with Crippen molar-refractivity contribution >= 4 is 33.6 Å². The highest BCUT2D eigenvalue weighted by molar-refractivity contribution is 5.98. The Morgan fingerprint density at radius 1 is 1.04 bits per heavy atom. The van der Waals surface area contributed by atoms with Gasteiger partial charge < -0.3 is 9.97 Å². The molecule has 4 aromatic rings. The molecule has 0 saturated heterocycles. The molecule has 0 amide bonds. The van der Waals surface area contributed by atoms with Gasteiger partial charge in [0.15, 0.2) is 0 Å². The standard InChI is InChI=1S/C21H18N4/c1-12-8-19-20(9-13(12)2)25-21(24-19)15(11-22)10-17-14(3)23-18-7-5-4-6-16(17)18/h4-10,23H,1-3H3,(H,24,25). The molecule has 0 aliphatic heterocycles. The maximum Gasteiger partial charge on any atom is 0.149 e. The fourth-order valence-corrected chi connectivity index (χ4v) is 3.18. The van der Waals surface area contributed by atoms with Crippen molar-refractivity contribution in [3.63, 3.8) is 0 Å². The third-order valence-corrected chi connectivity index (χ3v) is 4.71. The molecule has 0 bridgehead atoms. The average Bonchev–Trinajstić information content (AvgIpc) is 3.13. The van der Waals surface area contributed by atoms with Crippen molar-refractivity contribution in [2.24, 2.45) is 0 Å². The highest BCUT2D eigenvalue weighted by atomic mass is 14.9. The summed E-state index contributed by atoms with van der Waals surface area (Å²) in [5, 5.41) is 10.8. The number of hydrogen-bond donors (Lipinski definition) is 2. The van der Waals surface area contributed by atoms with Gasteiger partial charge in [-0.15, -0.1) is 0 Å². The van der Waals surface area contributed by atoms with E-state index >= 15 is 0 Å². The lowest BCUT2D eigenvalue weighted by Crippen LogP contribution is -1.85. The van der Waals surface area contributed by atoms with Crippen LogP contribution in [0.3, 0.4) is 0 Å². The number of aryl methyl sites for hydroxylation is 3. The van der Waals surface area contributed by atoms with Crippen LogP contribution in [0.2, 0.25) is 0 Å². The largest absolute Gasteiger partial charge is 0.358 e. The highest BCUT2D eigenvalue weighted by Crippen LogP contribution is 2.27. The fourth-order valence-electron chi connectivity index (χ4n) is 3.18. The van der Waals surface area contributed by atoms with E-state index < -0.39 is 0 Å². The van der Waals surface area contributed by atoms with Crippen LogP contribution in [0, 0.1) is 32.1 Å². The molecule has 25 heavy (non-hydrogen) atoms. The summed E-state index contributed by atoms with van der Waals surface area (Å²) in [5.41, 5.74) is 7.90. The van der Waals surface area contributed by atoms with Crippen molar-refractivity contribution in [3.05, 3.63) is 64.6 Å². The molecule has 4 nitrogen and oxygen atoms in total. The number of imidazole rings is 1. The zero-order chi connectivity index (χ0) is 17.6. The van der Waals surface area contributed by atoms with Gasteiger partial charge in [-0.1, -0.05) is 18.2 Å². The zero-order valence-corrected chi connectivity index (χ0v) is 14.4. The minimum absolute atomic E-state index is 0.527. The van der Waals surface area contributed by atoms with Gasteiger partial charge >= 0.3 is 0 Å². The summed E-state index contributed by atoms with van der Waals surface area (Å²) < 4.78 is 0. The number of nitrogens with zero attached hydrogens (tertiary/aromatic N) is 2. The Hall–Kier alpha value is -3.32. The number of benzene rings is 2. The molecule has 0 aliphatic carbocycles. The first-order valence-corrected chi connectivity index (χ1v) is 8.23. The van der Waals surface area contributed by atoms with Gasteiger partial charge in [0.1, 0.15) is 11.9 Å². The zero-order valence-electron chi connectivity index (χ0n) is 14.4. The lowest BCUT2D eigenvalue weighted by molar-refractivity contribution is 1.27. The van der Waals surface area contributed by atoms with Crippen molar-refractivity contribution < 1.29 is 0 Å². The summed E-state index contributed by atoms with van der Waals surface area (Å²) in [6.07, 6.45) is 1.91. The third kappa shape index (κ3) is 2.50. The number of fused-ring (bicyclic) bond motifs is 2. The molecule has 0 spiro atoms. The summed E-state index contributed by atoms with van der Waals surface area (Å²) in [7, 11) is 0. The summed E-state index contributed by atoms with van der Waals surface area (Å²) in [6.45, 7) is 6.16. The molecule has 0 saturated carbocycles. The van der Waals surface area contributed by atoms with Crippen LogP contribution in [-0.4, -0.2) is 15.0 Å². The Labute approximate surface area is 145 Å². The summed E-state index contributed by atoms with van der Waals surface area (Å²) in [6, 6.07) is 14.5. The summed E-state index contributed by atoms with van der Waals surface area (Å²) in [5.74, 6) is 0.604. The van der Waals surface area contributed by atoms with Gasteiger partial charge in [-0.2, -0.15) is 5.26 Å². The number of H-pyrrole nitrogens is 2. The van der Waals surface area contributed by atoms with E-state index in [-0.39, 0.29) is 0 Å². The molecule has 122 valence electrons. The Bertz CT molecular complexity index is 1140. The minimum atomic E-state index is 0.527. The van der Waals surface area contributed by atoms with E-state index in [4.69, 9.17) is 0 Å². The van der Waals surface area contributed by atoms with E-state index in [0.717, 1.165) is 33.2 Å². The quantitative estimate of drug-likeness (QED) is 0.507. The maximum absolute atomic E-state index is 9.69. The van der Waals surface area contributed by atoms with Gasteiger partial charge in [0.2, 0.25) is 0 Å². The summed E-state index contributed by atoms with van der Waals surface area (Å²) in [4.78, 5) is 11.3. The molecule has 4 rings (SSSR count). The van der Waals surface area contributed by atoms with Crippen molar-refractivity contribution in [3.8, 4) is 6.07 Å². The normalized spacial score (nSPS) is 12.0. The van der Waals surface area contributed by atoms with E-state index in [1.165, 1.54) is 11.1 Å². The van der Waals surface area contributed by atoms with Crippen LogP contribution < -0.4 is 0 Å². The van der Waals surface area contributed by atoms with E-state index in [0.29, 0.717) is 11.4 Å². The van der Waals surface area contributed by atoms with Crippen LogP contribution in [-0.2, 0) is 0 Å². The molecule has 0 fully saturated rings. The Morgan fingerprint density at radius 2 is 1.80 bits per heavy atom. The molecule has 4 heteroatoms. The fraction of sp³-hybridized carbons (Fsp3) is 0.143. The monoisotopic (exact) mass is 326 g/mol. The highest BCUT2D eigenvalue weighted by Gasteiger charge is 2.12. The minimum Gasteiger partial charge on any atom is -0.358 e. The van der Waals surface area contributed by atoms with Crippen LogP contribution >= 0.6 is 0 Å². The van der Waals surface area contributed by atoms with Crippen LogP contribution in [0.1, 0.15) is 28.2 Å². The number of para-hydroxylation sites is 1. The first kappa shape index (κ1) is 15.2. The van der Waals surface area contributed by atoms with Crippen molar-refractivity contribution in [2.75, 3.05) is 0 Å². The predicted octanol–water partition coefficient (Wildman–Crippen LogP) is 5.03. The second kappa shape index (κ2) is 5.64. The van der Waals surface area contributed by atoms with E-state index in [9.17, 15) is 5.26 Å². The van der Waals surface area contributed by atoms with Gasteiger partial charge in [-0.25, -0.2) is 4.98 Å². The topological polar surface area (TPSA) is 68.3 Å². The lowest BCUT2D eigenvalue weighted by Gasteiger charge is -1.97. The second-order valence-corrected chi connectivity index (χ2v) is 6.42. The molecule has 2 aromatic carbocycles. The Morgan fingerprint density at radius 3 is 2.60 bits per heavy atom. The van der Waals surface area contributed by atoms with Crippen molar-refractivity contribution in [1.82, 2.24) is 15.0 Å². The van der Waals surface area contributed by atoms with Gasteiger partial charge in [-0.05, 0) is 56.2 Å². The van der Waals surface area contributed by atoms with Crippen LogP contribution in [0.5, 0.6) is 0 Å². The number of nitrogens with one attached hydrogen (secondary N) is 2. The van der Waals surface area contributed by atoms with Crippen molar-refractivity contribution in [1.29, 1.82) is 5.26 Å². The van der Waals surface area contributed by atoms with Gasteiger partial charge in [-0.3, -0.25) is 0 Å². The van der Waals surface area contributed by atoms with Gasteiger partial charge in [0.25, 0.3) is 0 Å².